The van der Waals surface area contributed by atoms with Crippen molar-refractivity contribution < 1.29 is 23.6 Å². The monoisotopic (exact) mass is 312 g/mol. The van der Waals surface area contributed by atoms with Crippen molar-refractivity contribution in [2.24, 2.45) is 0 Å². The highest BCUT2D eigenvalue weighted by Crippen LogP contribution is 2.37. The Morgan fingerprint density at radius 2 is 2.05 bits per heavy atom. The molecule has 1 aromatic heterocycles. The summed E-state index contributed by atoms with van der Waals surface area (Å²) >= 11 is 1.22. The van der Waals surface area contributed by atoms with Crippen LogP contribution in [0.15, 0.2) is 39.9 Å². The van der Waals surface area contributed by atoms with E-state index in [0.717, 1.165) is 0 Å². The summed E-state index contributed by atoms with van der Waals surface area (Å²) in [6.07, 6.45) is 0. The van der Waals surface area contributed by atoms with Crippen molar-refractivity contribution >= 4 is 21.2 Å². The van der Waals surface area contributed by atoms with Crippen molar-refractivity contribution in [3.63, 3.8) is 0 Å². The highest BCUT2D eigenvalue weighted by molar-refractivity contribution is 7.93. The zero-order valence-electron chi connectivity index (χ0n) is 10.6. The maximum atomic E-state index is 12.6. The Bertz CT molecular complexity index is 710. The standard InChI is InChI=1S/C13H13NO4S2/c14-7-12(20(15,16)13-2-1-5-19-13)9-3-4-10-11(6-9)18-8-17-10/h1-6,12H,7-8,14H2/p+1/t12-/m0/s1. The first-order chi connectivity index (χ1) is 9.63. The van der Waals surface area contributed by atoms with E-state index in [4.69, 9.17) is 9.47 Å². The molecule has 2 aromatic rings. The van der Waals surface area contributed by atoms with Crippen molar-refractivity contribution in [2.45, 2.75) is 9.46 Å². The van der Waals surface area contributed by atoms with Crippen LogP contribution in [0, 0.1) is 0 Å². The van der Waals surface area contributed by atoms with E-state index in [0.29, 0.717) is 21.3 Å². The molecule has 0 saturated carbocycles. The van der Waals surface area contributed by atoms with Gasteiger partial charge in [0.2, 0.25) is 6.79 Å². The second-order valence-corrected chi connectivity index (χ2v) is 7.67. The molecule has 1 atom stereocenters. The van der Waals surface area contributed by atoms with Gasteiger partial charge in [0.05, 0.1) is 6.54 Å². The molecule has 0 saturated heterocycles. The van der Waals surface area contributed by atoms with Gasteiger partial charge in [-0.25, -0.2) is 8.42 Å². The number of ether oxygens (including phenoxy) is 2. The fourth-order valence-electron chi connectivity index (χ4n) is 2.18. The minimum absolute atomic E-state index is 0.172. The molecule has 5 nitrogen and oxygen atoms in total. The Balaban J connectivity index is 2.02. The van der Waals surface area contributed by atoms with Crippen LogP contribution in [0.2, 0.25) is 0 Å². The normalized spacial score (nSPS) is 15.2. The molecule has 0 spiro atoms. The number of benzene rings is 1. The smallest absolute Gasteiger partial charge is 0.231 e. The quantitative estimate of drug-likeness (QED) is 0.921. The maximum absolute atomic E-state index is 12.6. The highest BCUT2D eigenvalue weighted by atomic mass is 32.2. The molecule has 20 heavy (non-hydrogen) atoms. The molecule has 1 aliphatic heterocycles. The number of sulfone groups is 1. The highest BCUT2D eigenvalue weighted by Gasteiger charge is 2.31. The molecule has 0 radical (unpaired) electrons. The first-order valence-electron chi connectivity index (χ1n) is 6.09. The lowest BCUT2D eigenvalue weighted by molar-refractivity contribution is -0.367. The Morgan fingerprint density at radius 1 is 1.25 bits per heavy atom. The molecular weight excluding hydrogens is 298 g/mol. The lowest BCUT2D eigenvalue weighted by atomic mass is 10.1. The van der Waals surface area contributed by atoms with E-state index in [-0.39, 0.29) is 13.3 Å². The predicted octanol–water partition coefficient (Wildman–Crippen LogP) is 1.23. The van der Waals surface area contributed by atoms with Gasteiger partial charge in [-0.15, -0.1) is 11.3 Å². The summed E-state index contributed by atoms with van der Waals surface area (Å²) in [5.74, 6) is 1.23. The number of rotatable bonds is 4. The van der Waals surface area contributed by atoms with Gasteiger partial charge in [0.1, 0.15) is 9.46 Å². The fourth-order valence-corrected chi connectivity index (χ4v) is 5.04. The summed E-state index contributed by atoms with van der Waals surface area (Å²) in [5.41, 5.74) is 4.46. The van der Waals surface area contributed by atoms with Gasteiger partial charge in [-0.3, -0.25) is 0 Å². The SMILES string of the molecule is [NH3+]C[C@@H](c1ccc2c(c1)OCO2)S(=O)(=O)c1cccs1. The zero-order valence-corrected chi connectivity index (χ0v) is 12.2. The summed E-state index contributed by atoms with van der Waals surface area (Å²) in [7, 11) is -3.42. The third kappa shape index (κ3) is 2.17. The first kappa shape index (κ1) is 13.4. The third-order valence-corrected chi connectivity index (χ3v) is 6.78. The Hall–Kier alpha value is -1.57. The maximum Gasteiger partial charge on any atom is 0.231 e. The number of hydrogen-bond acceptors (Lipinski definition) is 5. The summed E-state index contributed by atoms with van der Waals surface area (Å²) < 4.78 is 36.2. The lowest BCUT2D eigenvalue weighted by Gasteiger charge is -2.13. The molecule has 0 unspecified atom stereocenters. The minimum Gasteiger partial charge on any atom is -0.454 e. The van der Waals surface area contributed by atoms with Crippen molar-refractivity contribution in [1.82, 2.24) is 0 Å². The summed E-state index contributed by atoms with van der Waals surface area (Å²) in [4.78, 5) is 0. The number of quaternary nitrogens is 1. The van der Waals surface area contributed by atoms with Crippen molar-refractivity contribution in [3.8, 4) is 11.5 Å². The van der Waals surface area contributed by atoms with E-state index in [9.17, 15) is 8.42 Å². The molecule has 106 valence electrons. The topological polar surface area (TPSA) is 80.2 Å². The van der Waals surface area contributed by atoms with Crippen LogP contribution in [-0.4, -0.2) is 21.8 Å². The van der Waals surface area contributed by atoms with E-state index in [2.05, 4.69) is 5.73 Å². The van der Waals surface area contributed by atoms with Crippen LogP contribution in [0.1, 0.15) is 10.8 Å². The first-order valence-corrected chi connectivity index (χ1v) is 8.51. The third-order valence-electron chi connectivity index (χ3n) is 3.18. The van der Waals surface area contributed by atoms with Crippen LogP contribution in [0.4, 0.5) is 0 Å². The average molecular weight is 312 g/mol. The lowest BCUT2D eigenvalue weighted by Crippen LogP contribution is -2.54. The van der Waals surface area contributed by atoms with Gasteiger partial charge in [0, 0.05) is 0 Å². The molecule has 1 aliphatic rings. The van der Waals surface area contributed by atoms with Gasteiger partial charge < -0.3 is 15.2 Å². The van der Waals surface area contributed by atoms with Crippen LogP contribution in [0.25, 0.3) is 0 Å². The fraction of sp³-hybridized carbons (Fsp3) is 0.231. The molecule has 0 amide bonds. The van der Waals surface area contributed by atoms with Gasteiger partial charge in [0.25, 0.3) is 0 Å². The summed E-state index contributed by atoms with van der Waals surface area (Å²) in [5, 5.41) is 1.09. The summed E-state index contributed by atoms with van der Waals surface area (Å²) in [6, 6.07) is 8.58. The van der Waals surface area contributed by atoms with Gasteiger partial charge in [-0.2, -0.15) is 0 Å². The second kappa shape index (κ2) is 5.08. The van der Waals surface area contributed by atoms with Crippen molar-refractivity contribution in [1.29, 1.82) is 0 Å². The van der Waals surface area contributed by atoms with Crippen LogP contribution in [0.3, 0.4) is 0 Å². The summed E-state index contributed by atoms with van der Waals surface area (Å²) in [6.45, 7) is 0.436. The van der Waals surface area contributed by atoms with Gasteiger partial charge in [-0.1, -0.05) is 12.1 Å². The van der Waals surface area contributed by atoms with Crippen LogP contribution in [0.5, 0.6) is 11.5 Å². The largest absolute Gasteiger partial charge is 0.454 e. The van der Waals surface area contributed by atoms with Crippen molar-refractivity contribution in [2.75, 3.05) is 13.3 Å². The van der Waals surface area contributed by atoms with E-state index >= 15 is 0 Å². The number of fused-ring (bicyclic) bond motifs is 1. The van der Waals surface area contributed by atoms with E-state index in [1.165, 1.54) is 11.3 Å². The van der Waals surface area contributed by atoms with E-state index in [1.54, 1.807) is 35.7 Å². The minimum atomic E-state index is -3.42. The molecule has 1 aromatic carbocycles. The molecule has 2 heterocycles. The van der Waals surface area contributed by atoms with Gasteiger partial charge in [-0.05, 0) is 29.1 Å². The van der Waals surface area contributed by atoms with Crippen LogP contribution >= 0.6 is 11.3 Å². The Morgan fingerprint density at radius 3 is 2.75 bits per heavy atom. The van der Waals surface area contributed by atoms with Crippen LogP contribution < -0.4 is 15.2 Å². The molecule has 0 aliphatic carbocycles. The van der Waals surface area contributed by atoms with E-state index < -0.39 is 15.1 Å². The average Bonchev–Trinajstić information content (AvgIpc) is 3.10. The number of thiophene rings is 1. The molecule has 3 N–H and O–H groups in total. The Kier molecular flexibility index (Phi) is 3.41. The van der Waals surface area contributed by atoms with Gasteiger partial charge in [0.15, 0.2) is 21.3 Å². The number of hydrogen-bond donors (Lipinski definition) is 1. The van der Waals surface area contributed by atoms with Crippen molar-refractivity contribution in [3.05, 3.63) is 41.3 Å². The predicted molar refractivity (Wildman–Crippen MR) is 74.6 cm³/mol. The Labute approximate surface area is 120 Å². The molecule has 7 heteroatoms. The van der Waals surface area contributed by atoms with Gasteiger partial charge >= 0.3 is 0 Å². The van der Waals surface area contributed by atoms with E-state index in [1.807, 2.05) is 0 Å². The molecule has 3 rings (SSSR count). The molecular formula is C13H14NO4S2+. The zero-order chi connectivity index (χ0) is 14.2. The molecule has 0 fully saturated rings. The molecule has 0 bridgehead atoms. The second-order valence-electron chi connectivity index (χ2n) is 4.37. The van der Waals surface area contributed by atoms with Crippen LogP contribution in [-0.2, 0) is 9.84 Å².